The summed E-state index contributed by atoms with van der Waals surface area (Å²) in [4.78, 5) is 22.6. The fourth-order valence-corrected chi connectivity index (χ4v) is 6.13. The molecule has 0 heterocycles. The molecule has 53 heavy (non-hydrogen) atoms. The van der Waals surface area contributed by atoms with Gasteiger partial charge in [-0.2, -0.15) is 0 Å². The van der Waals surface area contributed by atoms with E-state index >= 15 is 0 Å². The van der Waals surface area contributed by atoms with Gasteiger partial charge in [0.05, 0.1) is 25.4 Å². The molecule has 3 unspecified atom stereocenters. The summed E-state index contributed by atoms with van der Waals surface area (Å²) in [6.45, 7) is 3.95. The lowest BCUT2D eigenvalue weighted by atomic mass is 10.0. The number of aliphatic hydroxyl groups excluding tert-OH is 1. The topological polar surface area (TPSA) is 131 Å². The van der Waals surface area contributed by atoms with Gasteiger partial charge >= 0.3 is 7.82 Å². The third-order valence-corrected chi connectivity index (χ3v) is 9.46. The Kier molecular flexibility index (Phi) is 37.7. The summed E-state index contributed by atoms with van der Waals surface area (Å²) in [6, 6.07) is -0.888. The molecule has 0 saturated heterocycles. The van der Waals surface area contributed by atoms with E-state index in [2.05, 4.69) is 92.1 Å². The first-order valence-corrected chi connectivity index (χ1v) is 22.2. The SMILES string of the molecule is CC/C=C\C/C=C\C/C=C\C/C=C\C/C=C\C/C=C\CCCCC(=O)NC(COP(=O)(O)OCCN)C(O)/C=C/CCCCCCCCCCCCC. The minimum absolute atomic E-state index is 0.0665. The Bertz CT molecular complexity index is 1100. The maximum Gasteiger partial charge on any atom is 0.472 e. The van der Waals surface area contributed by atoms with Gasteiger partial charge in [-0.3, -0.25) is 13.8 Å². The van der Waals surface area contributed by atoms with Crippen molar-refractivity contribution in [1.29, 1.82) is 0 Å². The smallest absolute Gasteiger partial charge is 0.387 e. The van der Waals surface area contributed by atoms with Crippen LogP contribution in [0.4, 0.5) is 0 Å². The highest BCUT2D eigenvalue weighted by Crippen LogP contribution is 2.43. The number of hydrogen-bond donors (Lipinski definition) is 4. The largest absolute Gasteiger partial charge is 0.472 e. The molecule has 8 nitrogen and oxygen atoms in total. The van der Waals surface area contributed by atoms with Crippen LogP contribution >= 0.6 is 7.82 Å². The van der Waals surface area contributed by atoms with Crippen molar-refractivity contribution in [1.82, 2.24) is 5.32 Å². The Balaban J connectivity index is 4.36. The molecule has 0 spiro atoms. The minimum atomic E-state index is -4.35. The number of phosphoric ester groups is 1. The van der Waals surface area contributed by atoms with Crippen LogP contribution in [0.3, 0.4) is 0 Å². The first kappa shape index (κ1) is 50.7. The Labute approximate surface area is 324 Å². The van der Waals surface area contributed by atoms with E-state index in [1.165, 1.54) is 57.8 Å². The monoisotopic (exact) mass is 761 g/mol. The molecular formula is C44H77N2O6P. The third-order valence-electron chi connectivity index (χ3n) is 8.48. The molecule has 304 valence electrons. The molecule has 0 aliphatic rings. The van der Waals surface area contributed by atoms with Crippen molar-refractivity contribution in [3.05, 3.63) is 85.1 Å². The summed E-state index contributed by atoms with van der Waals surface area (Å²) >= 11 is 0. The van der Waals surface area contributed by atoms with E-state index in [9.17, 15) is 19.4 Å². The highest BCUT2D eigenvalue weighted by atomic mass is 31.2. The number of nitrogens with two attached hydrogens (primary N) is 1. The predicted molar refractivity (Wildman–Crippen MR) is 226 cm³/mol. The van der Waals surface area contributed by atoms with Gasteiger partial charge in [-0.05, 0) is 70.6 Å². The van der Waals surface area contributed by atoms with Gasteiger partial charge in [0.25, 0.3) is 0 Å². The summed E-state index contributed by atoms with van der Waals surface area (Å²) in [5.41, 5.74) is 5.36. The number of carbonyl (C=O) groups is 1. The number of rotatable bonds is 37. The van der Waals surface area contributed by atoms with Crippen molar-refractivity contribution in [3.63, 3.8) is 0 Å². The van der Waals surface area contributed by atoms with E-state index in [1.54, 1.807) is 6.08 Å². The van der Waals surface area contributed by atoms with Gasteiger partial charge in [0.15, 0.2) is 0 Å². The average Bonchev–Trinajstić information content (AvgIpc) is 3.14. The molecule has 0 radical (unpaired) electrons. The quantitative estimate of drug-likeness (QED) is 0.0282. The molecule has 0 aliphatic heterocycles. The predicted octanol–water partition coefficient (Wildman–Crippen LogP) is 11.4. The summed E-state index contributed by atoms with van der Waals surface area (Å²) < 4.78 is 22.1. The van der Waals surface area contributed by atoms with Crippen LogP contribution in [-0.2, 0) is 18.4 Å². The molecular weight excluding hydrogens is 683 g/mol. The van der Waals surface area contributed by atoms with Crippen LogP contribution in [0.25, 0.3) is 0 Å². The van der Waals surface area contributed by atoms with Gasteiger partial charge in [-0.25, -0.2) is 4.57 Å². The standard InChI is InChI=1S/C44H77N2O6P/c1-3-5-7-9-11-13-15-17-18-19-20-21-22-23-24-26-28-30-32-34-36-38-44(48)46-42(41-52-53(49,50)51-40-39-45)43(47)37-35-33-31-29-27-25-16-14-12-10-8-6-4-2/h5,7,11,13,17-18,20-21,23-24,28,30,35,37,42-43,47H,3-4,6,8-10,12,14-16,19,22,25-27,29,31-34,36,38-41,45H2,1-2H3,(H,46,48)(H,49,50)/b7-5-,13-11-,18-17-,21-20-,24-23-,30-28-,37-35+. The molecule has 0 rings (SSSR count). The molecule has 5 N–H and O–H groups in total. The van der Waals surface area contributed by atoms with Crippen molar-refractivity contribution in [2.45, 2.75) is 167 Å². The summed E-state index contributed by atoms with van der Waals surface area (Å²) in [6.07, 6.45) is 52.0. The second-order valence-electron chi connectivity index (χ2n) is 13.5. The van der Waals surface area contributed by atoms with E-state index in [4.69, 9.17) is 14.8 Å². The zero-order chi connectivity index (χ0) is 38.9. The van der Waals surface area contributed by atoms with Gasteiger partial charge in [-0.1, -0.05) is 163 Å². The van der Waals surface area contributed by atoms with Crippen LogP contribution in [-0.4, -0.2) is 47.8 Å². The van der Waals surface area contributed by atoms with Crippen molar-refractivity contribution >= 4 is 13.7 Å². The fraction of sp³-hybridized carbons (Fsp3) is 0.659. The Hall–Kier alpha value is -2.32. The number of aliphatic hydroxyl groups is 1. The number of phosphoric acid groups is 1. The van der Waals surface area contributed by atoms with Crippen LogP contribution in [0.5, 0.6) is 0 Å². The van der Waals surface area contributed by atoms with Crippen LogP contribution in [0.1, 0.15) is 155 Å². The van der Waals surface area contributed by atoms with Crippen LogP contribution in [0.2, 0.25) is 0 Å². The summed E-state index contributed by atoms with van der Waals surface area (Å²) in [7, 11) is -4.35. The number of carbonyl (C=O) groups excluding carboxylic acids is 1. The molecule has 0 aromatic carbocycles. The lowest BCUT2D eigenvalue weighted by molar-refractivity contribution is -0.123. The molecule has 0 fully saturated rings. The molecule has 9 heteroatoms. The minimum Gasteiger partial charge on any atom is -0.387 e. The van der Waals surface area contributed by atoms with E-state index in [0.29, 0.717) is 6.42 Å². The highest BCUT2D eigenvalue weighted by molar-refractivity contribution is 7.47. The Morgan fingerprint density at radius 1 is 0.642 bits per heavy atom. The number of allylic oxidation sites excluding steroid dienone is 13. The fourth-order valence-electron chi connectivity index (χ4n) is 5.37. The zero-order valence-electron chi connectivity index (χ0n) is 33.5. The molecule has 0 saturated carbocycles. The van der Waals surface area contributed by atoms with Crippen molar-refractivity contribution in [2.24, 2.45) is 5.73 Å². The zero-order valence-corrected chi connectivity index (χ0v) is 34.4. The summed E-state index contributed by atoms with van der Waals surface area (Å²) in [5, 5.41) is 13.6. The number of amides is 1. The molecule has 0 aromatic rings. The normalized spacial score (nSPS) is 15.0. The Morgan fingerprint density at radius 3 is 1.60 bits per heavy atom. The lowest BCUT2D eigenvalue weighted by Gasteiger charge is -2.23. The van der Waals surface area contributed by atoms with E-state index in [1.807, 2.05) is 6.08 Å². The number of unbranched alkanes of at least 4 members (excludes halogenated alkanes) is 13. The average molecular weight is 761 g/mol. The Morgan fingerprint density at radius 2 is 1.09 bits per heavy atom. The highest BCUT2D eigenvalue weighted by Gasteiger charge is 2.26. The third kappa shape index (κ3) is 37.8. The molecule has 0 aromatic heterocycles. The maximum absolute atomic E-state index is 12.7. The molecule has 0 bridgehead atoms. The second kappa shape index (κ2) is 39.4. The number of nitrogens with one attached hydrogen (secondary N) is 1. The van der Waals surface area contributed by atoms with Crippen molar-refractivity contribution < 1.29 is 28.4 Å². The van der Waals surface area contributed by atoms with Crippen LogP contribution in [0, 0.1) is 0 Å². The van der Waals surface area contributed by atoms with Gasteiger partial charge in [-0.15, -0.1) is 0 Å². The molecule has 3 atom stereocenters. The van der Waals surface area contributed by atoms with Gasteiger partial charge < -0.3 is 21.1 Å². The lowest BCUT2D eigenvalue weighted by Crippen LogP contribution is -2.45. The van der Waals surface area contributed by atoms with Gasteiger partial charge in [0.1, 0.15) is 0 Å². The molecule has 1 amide bonds. The molecule has 0 aliphatic carbocycles. The summed E-state index contributed by atoms with van der Waals surface area (Å²) in [5.74, 6) is -0.241. The van der Waals surface area contributed by atoms with E-state index < -0.39 is 20.0 Å². The van der Waals surface area contributed by atoms with Gasteiger partial charge in [0, 0.05) is 13.0 Å². The van der Waals surface area contributed by atoms with Gasteiger partial charge in [0.2, 0.25) is 5.91 Å². The first-order valence-electron chi connectivity index (χ1n) is 20.7. The van der Waals surface area contributed by atoms with Crippen molar-refractivity contribution in [3.8, 4) is 0 Å². The van der Waals surface area contributed by atoms with Crippen molar-refractivity contribution in [2.75, 3.05) is 19.8 Å². The second-order valence-corrected chi connectivity index (χ2v) is 14.9. The van der Waals surface area contributed by atoms with Crippen LogP contribution < -0.4 is 11.1 Å². The number of hydrogen-bond acceptors (Lipinski definition) is 6. The first-order chi connectivity index (χ1) is 25.9. The van der Waals surface area contributed by atoms with Crippen LogP contribution in [0.15, 0.2) is 85.1 Å². The maximum atomic E-state index is 12.7. The van der Waals surface area contributed by atoms with E-state index in [-0.39, 0.29) is 32.1 Å². The van der Waals surface area contributed by atoms with E-state index in [0.717, 1.165) is 70.6 Å².